The molecule has 7 heteroatoms. The molecule has 0 aromatic heterocycles. The summed E-state index contributed by atoms with van der Waals surface area (Å²) in [6, 6.07) is 12.3. The van der Waals surface area contributed by atoms with Crippen LogP contribution in [0.3, 0.4) is 0 Å². The summed E-state index contributed by atoms with van der Waals surface area (Å²) in [5.74, 6) is -0.462. The zero-order valence-corrected chi connectivity index (χ0v) is 16.7. The molecule has 142 valence electrons. The van der Waals surface area contributed by atoms with Gasteiger partial charge in [0.1, 0.15) is 11.5 Å². The number of anilines is 1. The lowest BCUT2D eigenvalue weighted by Crippen LogP contribution is -2.41. The first-order valence-corrected chi connectivity index (χ1v) is 8.93. The molecule has 0 atom stereocenters. The van der Waals surface area contributed by atoms with E-state index in [0.717, 1.165) is 5.69 Å². The summed E-state index contributed by atoms with van der Waals surface area (Å²) >= 11 is 0. The number of azo groups is 1. The molecule has 2 aromatic carbocycles. The third-order valence-corrected chi connectivity index (χ3v) is 5.14. The lowest BCUT2D eigenvalue weighted by Gasteiger charge is -2.32. The Bertz CT molecular complexity index is 835. The van der Waals surface area contributed by atoms with Gasteiger partial charge in [0.2, 0.25) is 0 Å². The first-order chi connectivity index (χ1) is 12.6. The van der Waals surface area contributed by atoms with E-state index >= 15 is 0 Å². The van der Waals surface area contributed by atoms with Gasteiger partial charge in [0.25, 0.3) is 0 Å². The van der Waals surface area contributed by atoms with Crippen molar-refractivity contribution in [3.63, 3.8) is 0 Å². The minimum Gasteiger partial charge on any atom is -0.399 e. The van der Waals surface area contributed by atoms with Gasteiger partial charge in [-0.1, -0.05) is 6.07 Å². The van der Waals surface area contributed by atoms with Crippen LogP contribution in [0, 0.1) is 5.82 Å². The molecule has 0 spiro atoms. The Morgan fingerprint density at radius 1 is 0.889 bits per heavy atom. The Morgan fingerprint density at radius 2 is 1.48 bits per heavy atom. The minimum atomic E-state index is -0.603. The SMILES string of the molecule is CN(C)c1ccc(N=Nc2ccc(B3OC(C)(C)C(C)(C)O3)cc2F)cc1. The summed E-state index contributed by atoms with van der Waals surface area (Å²) in [6.45, 7) is 7.86. The molecule has 0 N–H and O–H groups in total. The number of benzene rings is 2. The lowest BCUT2D eigenvalue weighted by molar-refractivity contribution is 0.00578. The summed E-state index contributed by atoms with van der Waals surface area (Å²) < 4.78 is 26.4. The van der Waals surface area contributed by atoms with Gasteiger partial charge in [-0.15, -0.1) is 5.11 Å². The van der Waals surface area contributed by atoms with E-state index < -0.39 is 24.1 Å². The zero-order valence-electron chi connectivity index (χ0n) is 16.7. The van der Waals surface area contributed by atoms with Crippen LogP contribution in [0.1, 0.15) is 27.7 Å². The predicted molar refractivity (Wildman–Crippen MR) is 107 cm³/mol. The summed E-state index contributed by atoms with van der Waals surface area (Å²) in [7, 11) is 3.33. The second kappa shape index (κ2) is 7.05. The highest BCUT2D eigenvalue weighted by Gasteiger charge is 2.51. The monoisotopic (exact) mass is 369 g/mol. The molecule has 0 unspecified atom stereocenters. The molecule has 0 amide bonds. The topological polar surface area (TPSA) is 46.4 Å². The van der Waals surface area contributed by atoms with E-state index in [0.29, 0.717) is 11.2 Å². The Kier molecular flexibility index (Phi) is 5.10. The van der Waals surface area contributed by atoms with Crippen LogP contribution in [0.5, 0.6) is 0 Å². The van der Waals surface area contributed by atoms with Gasteiger partial charge in [-0.25, -0.2) is 4.39 Å². The normalized spacial score (nSPS) is 18.3. The van der Waals surface area contributed by atoms with Gasteiger partial charge in [-0.05, 0) is 69.6 Å². The molecule has 0 radical (unpaired) electrons. The molecule has 1 aliphatic rings. The third kappa shape index (κ3) is 4.04. The first-order valence-electron chi connectivity index (χ1n) is 8.93. The Labute approximate surface area is 160 Å². The standard InChI is InChI=1S/C20H25BFN3O2/c1-19(2)20(3,4)27-21(26-19)14-7-12-18(17(22)13-14)24-23-15-8-10-16(11-9-15)25(5)6/h7-13H,1-6H3. The van der Waals surface area contributed by atoms with E-state index in [2.05, 4.69) is 10.2 Å². The maximum absolute atomic E-state index is 14.5. The molecule has 3 rings (SSSR count). The van der Waals surface area contributed by atoms with Gasteiger partial charge in [0, 0.05) is 19.8 Å². The molecule has 2 aromatic rings. The fourth-order valence-electron chi connectivity index (χ4n) is 2.66. The van der Waals surface area contributed by atoms with Crippen molar-refractivity contribution >= 4 is 29.6 Å². The fourth-order valence-corrected chi connectivity index (χ4v) is 2.66. The van der Waals surface area contributed by atoms with Crippen LogP contribution in [0.15, 0.2) is 52.7 Å². The Morgan fingerprint density at radius 3 is 2.00 bits per heavy atom. The van der Waals surface area contributed by atoms with Crippen molar-refractivity contribution in [2.45, 2.75) is 38.9 Å². The van der Waals surface area contributed by atoms with E-state index in [1.54, 1.807) is 12.1 Å². The highest BCUT2D eigenvalue weighted by molar-refractivity contribution is 6.62. The molecule has 1 fully saturated rings. The van der Waals surface area contributed by atoms with Crippen LogP contribution in [0.25, 0.3) is 0 Å². The van der Waals surface area contributed by atoms with E-state index in [-0.39, 0.29) is 5.69 Å². The van der Waals surface area contributed by atoms with Crippen molar-refractivity contribution in [2.24, 2.45) is 10.2 Å². The summed E-state index contributed by atoms with van der Waals surface area (Å²) in [6.07, 6.45) is 0. The van der Waals surface area contributed by atoms with Gasteiger partial charge in [-0.3, -0.25) is 0 Å². The predicted octanol–water partition coefficient (Wildman–Crippen LogP) is 4.61. The molecule has 1 heterocycles. The van der Waals surface area contributed by atoms with E-state index in [4.69, 9.17) is 9.31 Å². The van der Waals surface area contributed by atoms with Gasteiger partial charge >= 0.3 is 7.12 Å². The molecular formula is C20H25BFN3O2. The van der Waals surface area contributed by atoms with Crippen molar-refractivity contribution in [3.05, 3.63) is 48.3 Å². The van der Waals surface area contributed by atoms with E-state index in [1.807, 2.05) is 71.0 Å². The number of hydrogen-bond acceptors (Lipinski definition) is 5. The van der Waals surface area contributed by atoms with Crippen molar-refractivity contribution < 1.29 is 13.7 Å². The number of rotatable bonds is 4. The second-order valence-electron chi connectivity index (χ2n) is 7.91. The summed E-state index contributed by atoms with van der Waals surface area (Å²) in [5, 5.41) is 8.15. The molecule has 1 saturated heterocycles. The van der Waals surface area contributed by atoms with E-state index in [9.17, 15) is 4.39 Å². The smallest absolute Gasteiger partial charge is 0.399 e. The quantitative estimate of drug-likeness (QED) is 0.584. The Hall–Kier alpha value is -2.25. The lowest BCUT2D eigenvalue weighted by atomic mass is 9.79. The molecule has 0 aliphatic carbocycles. The van der Waals surface area contributed by atoms with Gasteiger partial charge in [0.05, 0.1) is 16.9 Å². The molecular weight excluding hydrogens is 344 g/mol. The van der Waals surface area contributed by atoms with Crippen LogP contribution >= 0.6 is 0 Å². The van der Waals surface area contributed by atoms with Crippen molar-refractivity contribution in [1.82, 2.24) is 0 Å². The second-order valence-corrected chi connectivity index (χ2v) is 7.91. The van der Waals surface area contributed by atoms with Gasteiger partial charge in [0.15, 0.2) is 0 Å². The fraction of sp³-hybridized carbons (Fsp3) is 0.400. The molecule has 5 nitrogen and oxygen atoms in total. The number of hydrogen-bond donors (Lipinski definition) is 0. The largest absolute Gasteiger partial charge is 0.494 e. The van der Waals surface area contributed by atoms with Crippen molar-refractivity contribution in [2.75, 3.05) is 19.0 Å². The van der Waals surface area contributed by atoms with Gasteiger partial charge < -0.3 is 14.2 Å². The number of halogens is 1. The molecule has 0 bridgehead atoms. The average molecular weight is 369 g/mol. The average Bonchev–Trinajstić information content (AvgIpc) is 2.82. The van der Waals surface area contributed by atoms with E-state index in [1.165, 1.54) is 6.07 Å². The molecule has 1 aliphatic heterocycles. The number of nitrogens with zero attached hydrogens (tertiary/aromatic N) is 3. The highest BCUT2D eigenvalue weighted by atomic mass is 19.1. The minimum absolute atomic E-state index is 0.173. The van der Waals surface area contributed by atoms with Crippen LogP contribution in [0.4, 0.5) is 21.5 Å². The van der Waals surface area contributed by atoms with Crippen LogP contribution in [-0.2, 0) is 9.31 Å². The molecule has 27 heavy (non-hydrogen) atoms. The van der Waals surface area contributed by atoms with Gasteiger partial charge in [-0.2, -0.15) is 5.11 Å². The summed E-state index contributed by atoms with van der Waals surface area (Å²) in [4.78, 5) is 2.00. The zero-order chi connectivity index (χ0) is 19.8. The first kappa shape index (κ1) is 19.5. The van der Waals surface area contributed by atoms with Crippen molar-refractivity contribution in [3.8, 4) is 0 Å². The third-order valence-electron chi connectivity index (χ3n) is 5.14. The Balaban J connectivity index is 1.75. The highest BCUT2D eigenvalue weighted by Crippen LogP contribution is 2.36. The van der Waals surface area contributed by atoms with Crippen LogP contribution in [0.2, 0.25) is 0 Å². The van der Waals surface area contributed by atoms with Crippen LogP contribution in [-0.4, -0.2) is 32.4 Å². The maximum Gasteiger partial charge on any atom is 0.494 e. The maximum atomic E-state index is 14.5. The van der Waals surface area contributed by atoms with Crippen molar-refractivity contribution in [1.29, 1.82) is 0 Å². The summed E-state index contributed by atoms with van der Waals surface area (Å²) in [5.41, 5.74) is 1.59. The van der Waals surface area contributed by atoms with Crippen LogP contribution < -0.4 is 10.4 Å². The molecule has 0 saturated carbocycles.